The standard InChI is InChI=1S/C13H11N3/c1-2-8-15-13(7-1)16-10-4-6-12(16)11-5-3-9-14-11/h1-10,14H. The summed E-state index contributed by atoms with van der Waals surface area (Å²) in [6, 6.07) is 14.0. The topological polar surface area (TPSA) is 33.6 Å². The molecule has 0 spiro atoms. The molecule has 3 heterocycles. The lowest BCUT2D eigenvalue weighted by atomic mass is 10.3. The summed E-state index contributed by atoms with van der Waals surface area (Å²) in [4.78, 5) is 7.54. The van der Waals surface area contributed by atoms with Gasteiger partial charge in [-0.25, -0.2) is 4.98 Å². The van der Waals surface area contributed by atoms with Crippen LogP contribution < -0.4 is 0 Å². The zero-order valence-electron chi connectivity index (χ0n) is 8.67. The van der Waals surface area contributed by atoms with Gasteiger partial charge >= 0.3 is 0 Å². The molecule has 16 heavy (non-hydrogen) atoms. The lowest BCUT2D eigenvalue weighted by molar-refractivity contribution is 1.01. The van der Waals surface area contributed by atoms with Crippen LogP contribution in [0.25, 0.3) is 17.2 Å². The van der Waals surface area contributed by atoms with Crippen LogP contribution in [0.3, 0.4) is 0 Å². The maximum absolute atomic E-state index is 4.34. The zero-order chi connectivity index (χ0) is 10.8. The number of aromatic nitrogens is 3. The summed E-state index contributed by atoms with van der Waals surface area (Å²) in [6.07, 6.45) is 5.73. The first-order valence-corrected chi connectivity index (χ1v) is 5.18. The molecule has 0 unspecified atom stereocenters. The lowest BCUT2D eigenvalue weighted by Gasteiger charge is -2.06. The summed E-state index contributed by atoms with van der Waals surface area (Å²) in [5, 5.41) is 0. The molecule has 0 saturated heterocycles. The summed E-state index contributed by atoms with van der Waals surface area (Å²) in [5.41, 5.74) is 2.21. The van der Waals surface area contributed by atoms with E-state index in [9.17, 15) is 0 Å². The normalized spacial score (nSPS) is 10.5. The highest BCUT2D eigenvalue weighted by atomic mass is 15.1. The van der Waals surface area contributed by atoms with Crippen LogP contribution in [0.5, 0.6) is 0 Å². The van der Waals surface area contributed by atoms with Gasteiger partial charge in [0.25, 0.3) is 0 Å². The maximum atomic E-state index is 4.34. The first kappa shape index (κ1) is 8.97. The molecule has 0 saturated carbocycles. The molecule has 0 aliphatic carbocycles. The van der Waals surface area contributed by atoms with Gasteiger partial charge in [-0.1, -0.05) is 6.07 Å². The molecule has 3 aromatic rings. The van der Waals surface area contributed by atoms with Gasteiger partial charge in [0.2, 0.25) is 0 Å². The minimum atomic E-state index is 0.928. The van der Waals surface area contributed by atoms with Gasteiger partial charge in [-0.3, -0.25) is 4.57 Å². The molecule has 0 aliphatic heterocycles. The van der Waals surface area contributed by atoms with Gasteiger partial charge in [-0.2, -0.15) is 0 Å². The predicted octanol–water partition coefficient (Wildman–Crippen LogP) is 2.87. The molecule has 3 nitrogen and oxygen atoms in total. The van der Waals surface area contributed by atoms with Crippen LogP contribution in [0.4, 0.5) is 0 Å². The Kier molecular flexibility index (Phi) is 2.07. The monoisotopic (exact) mass is 209 g/mol. The lowest BCUT2D eigenvalue weighted by Crippen LogP contribution is -1.97. The molecule has 0 fully saturated rings. The van der Waals surface area contributed by atoms with E-state index in [2.05, 4.69) is 26.7 Å². The highest BCUT2D eigenvalue weighted by molar-refractivity contribution is 5.58. The Labute approximate surface area is 93.4 Å². The highest BCUT2D eigenvalue weighted by Gasteiger charge is 2.06. The van der Waals surface area contributed by atoms with Crippen LogP contribution in [0.15, 0.2) is 61.1 Å². The van der Waals surface area contributed by atoms with Crippen molar-refractivity contribution in [1.29, 1.82) is 0 Å². The zero-order valence-corrected chi connectivity index (χ0v) is 8.67. The Hall–Kier alpha value is -2.29. The highest BCUT2D eigenvalue weighted by Crippen LogP contribution is 2.20. The van der Waals surface area contributed by atoms with Crippen LogP contribution in [0, 0.1) is 0 Å². The van der Waals surface area contributed by atoms with Crippen molar-refractivity contribution in [3.63, 3.8) is 0 Å². The van der Waals surface area contributed by atoms with E-state index in [4.69, 9.17) is 0 Å². The number of hydrogen-bond acceptors (Lipinski definition) is 1. The number of rotatable bonds is 2. The fourth-order valence-electron chi connectivity index (χ4n) is 1.79. The van der Waals surface area contributed by atoms with Crippen molar-refractivity contribution in [3.8, 4) is 17.2 Å². The van der Waals surface area contributed by atoms with E-state index < -0.39 is 0 Å². The Bertz CT molecular complexity index is 564. The minimum absolute atomic E-state index is 0.928. The van der Waals surface area contributed by atoms with Crippen molar-refractivity contribution in [2.45, 2.75) is 0 Å². The van der Waals surface area contributed by atoms with Gasteiger partial charge in [0, 0.05) is 18.6 Å². The van der Waals surface area contributed by atoms with E-state index >= 15 is 0 Å². The molecule has 0 atom stereocenters. The summed E-state index contributed by atoms with van der Waals surface area (Å²) in [6.45, 7) is 0. The smallest absolute Gasteiger partial charge is 0.137 e. The average molecular weight is 209 g/mol. The molecule has 0 amide bonds. The van der Waals surface area contributed by atoms with Gasteiger partial charge in [0.15, 0.2) is 0 Å². The van der Waals surface area contributed by atoms with E-state index in [0.717, 1.165) is 17.2 Å². The molecule has 0 bridgehead atoms. The number of pyridine rings is 1. The number of nitrogens with one attached hydrogen (secondary N) is 1. The second kappa shape index (κ2) is 3.70. The fraction of sp³-hybridized carbons (Fsp3) is 0. The average Bonchev–Trinajstić information content (AvgIpc) is 3.01. The van der Waals surface area contributed by atoms with Crippen LogP contribution in [-0.4, -0.2) is 14.5 Å². The summed E-state index contributed by atoms with van der Waals surface area (Å²) in [5.74, 6) is 0.928. The molecule has 78 valence electrons. The summed E-state index contributed by atoms with van der Waals surface area (Å²) < 4.78 is 2.06. The van der Waals surface area contributed by atoms with Crippen LogP contribution in [0.1, 0.15) is 0 Å². The molecule has 0 aliphatic rings. The first-order chi connectivity index (χ1) is 7.95. The number of nitrogens with zero attached hydrogens (tertiary/aromatic N) is 2. The van der Waals surface area contributed by atoms with E-state index in [0.29, 0.717) is 0 Å². The van der Waals surface area contributed by atoms with E-state index in [1.165, 1.54) is 0 Å². The Morgan fingerprint density at radius 3 is 2.75 bits per heavy atom. The maximum Gasteiger partial charge on any atom is 0.137 e. The molecule has 0 radical (unpaired) electrons. The molecule has 3 heteroatoms. The van der Waals surface area contributed by atoms with Gasteiger partial charge in [0.05, 0.1) is 11.4 Å². The number of H-pyrrole nitrogens is 1. The molecular formula is C13H11N3. The number of aromatic amines is 1. The second-order valence-corrected chi connectivity index (χ2v) is 3.54. The SMILES string of the molecule is c1ccc(-n2cccc2-c2ccc[nH]2)nc1. The number of hydrogen-bond donors (Lipinski definition) is 1. The van der Waals surface area contributed by atoms with E-state index in [1.54, 1.807) is 6.20 Å². The van der Waals surface area contributed by atoms with Crippen molar-refractivity contribution in [1.82, 2.24) is 14.5 Å². The van der Waals surface area contributed by atoms with E-state index in [-0.39, 0.29) is 0 Å². The summed E-state index contributed by atoms with van der Waals surface area (Å²) >= 11 is 0. The van der Waals surface area contributed by atoms with Gasteiger partial charge in [0.1, 0.15) is 5.82 Å². The van der Waals surface area contributed by atoms with Crippen molar-refractivity contribution in [2.75, 3.05) is 0 Å². The predicted molar refractivity (Wildman–Crippen MR) is 63.4 cm³/mol. The minimum Gasteiger partial charge on any atom is -0.360 e. The largest absolute Gasteiger partial charge is 0.360 e. The second-order valence-electron chi connectivity index (χ2n) is 3.54. The Morgan fingerprint density at radius 1 is 1.00 bits per heavy atom. The fourth-order valence-corrected chi connectivity index (χ4v) is 1.79. The third-order valence-electron chi connectivity index (χ3n) is 2.52. The molecule has 3 aromatic heterocycles. The van der Waals surface area contributed by atoms with Crippen LogP contribution in [0.2, 0.25) is 0 Å². The summed E-state index contributed by atoms with van der Waals surface area (Å²) in [7, 11) is 0. The third-order valence-corrected chi connectivity index (χ3v) is 2.52. The van der Waals surface area contributed by atoms with Gasteiger partial charge in [-0.15, -0.1) is 0 Å². The van der Waals surface area contributed by atoms with Gasteiger partial charge in [-0.05, 0) is 36.4 Å². The molecular weight excluding hydrogens is 198 g/mol. The van der Waals surface area contributed by atoms with Crippen molar-refractivity contribution in [3.05, 3.63) is 61.1 Å². The Morgan fingerprint density at radius 2 is 2.00 bits per heavy atom. The van der Waals surface area contributed by atoms with Crippen molar-refractivity contribution >= 4 is 0 Å². The van der Waals surface area contributed by atoms with Crippen LogP contribution >= 0.6 is 0 Å². The van der Waals surface area contributed by atoms with Crippen molar-refractivity contribution in [2.24, 2.45) is 0 Å². The quantitative estimate of drug-likeness (QED) is 0.691. The third kappa shape index (κ3) is 1.42. The Balaban J connectivity index is 2.14. The molecule has 3 rings (SSSR count). The van der Waals surface area contributed by atoms with Crippen molar-refractivity contribution < 1.29 is 0 Å². The van der Waals surface area contributed by atoms with Gasteiger partial charge < -0.3 is 4.98 Å². The molecule has 0 aromatic carbocycles. The van der Waals surface area contributed by atoms with Crippen LogP contribution in [-0.2, 0) is 0 Å². The molecule has 1 N–H and O–H groups in total. The van der Waals surface area contributed by atoms with E-state index in [1.807, 2.05) is 42.7 Å². The first-order valence-electron chi connectivity index (χ1n) is 5.18.